The Labute approximate surface area is 127 Å². The highest BCUT2D eigenvalue weighted by atomic mass is 32.2. The zero-order valence-corrected chi connectivity index (χ0v) is 14.2. The van der Waals surface area contributed by atoms with Crippen LogP contribution in [0.1, 0.15) is 37.6 Å². The van der Waals surface area contributed by atoms with E-state index < -0.39 is 10.0 Å². The predicted octanol–water partition coefficient (Wildman–Crippen LogP) is 1.19. The number of hydrogen-bond donors (Lipinski definition) is 1. The maximum atomic E-state index is 12.9. The number of sulfonamides is 1. The van der Waals surface area contributed by atoms with Crippen LogP contribution in [-0.2, 0) is 17.1 Å². The fraction of sp³-hybridized carbons (Fsp3) is 0.786. The van der Waals surface area contributed by atoms with Gasteiger partial charge in [-0.25, -0.2) is 8.42 Å². The maximum absolute atomic E-state index is 12.9. The van der Waals surface area contributed by atoms with Crippen LogP contribution in [-0.4, -0.2) is 48.2 Å². The summed E-state index contributed by atoms with van der Waals surface area (Å²) >= 11 is 0. The Hall–Kier alpha value is -0.920. The van der Waals surface area contributed by atoms with Crippen LogP contribution in [0.5, 0.6) is 0 Å². The third kappa shape index (κ3) is 3.30. The van der Waals surface area contributed by atoms with E-state index in [9.17, 15) is 8.42 Å². The standard InChI is InChI=1S/C14H26N4O2S/c1-5-8-15-13-7-6-9-18(10-13)21(19,20)14-11(2)16-17(4)12(14)3/h13,15H,5-10H2,1-4H3. The summed E-state index contributed by atoms with van der Waals surface area (Å²) in [7, 11) is -1.67. The predicted molar refractivity (Wildman–Crippen MR) is 82.8 cm³/mol. The lowest BCUT2D eigenvalue weighted by Gasteiger charge is -2.32. The number of aromatic nitrogens is 2. The molecule has 1 atom stereocenters. The summed E-state index contributed by atoms with van der Waals surface area (Å²) < 4.78 is 29.1. The van der Waals surface area contributed by atoms with Crippen LogP contribution in [0, 0.1) is 13.8 Å². The van der Waals surface area contributed by atoms with Gasteiger partial charge in [0.05, 0.1) is 11.4 Å². The van der Waals surface area contributed by atoms with Crippen LogP contribution in [0.4, 0.5) is 0 Å². The third-order valence-electron chi connectivity index (χ3n) is 4.11. The quantitative estimate of drug-likeness (QED) is 0.886. The molecular formula is C14H26N4O2S. The normalized spacial score (nSPS) is 20.9. The van der Waals surface area contributed by atoms with Crippen molar-refractivity contribution in [3.63, 3.8) is 0 Å². The molecule has 1 aromatic rings. The van der Waals surface area contributed by atoms with E-state index in [1.807, 2.05) is 6.92 Å². The van der Waals surface area contributed by atoms with Crippen molar-refractivity contribution >= 4 is 10.0 Å². The number of piperidine rings is 1. The first-order valence-electron chi connectivity index (χ1n) is 7.61. The van der Waals surface area contributed by atoms with E-state index in [4.69, 9.17) is 0 Å². The van der Waals surface area contributed by atoms with Crippen LogP contribution in [0.15, 0.2) is 4.90 Å². The van der Waals surface area contributed by atoms with Crippen molar-refractivity contribution in [1.29, 1.82) is 0 Å². The first-order chi connectivity index (χ1) is 9.87. The molecule has 7 heteroatoms. The van der Waals surface area contributed by atoms with Gasteiger partial charge in [-0.05, 0) is 39.7 Å². The van der Waals surface area contributed by atoms with Gasteiger partial charge in [0.1, 0.15) is 4.90 Å². The molecule has 0 aromatic carbocycles. The molecule has 0 saturated carbocycles. The molecular weight excluding hydrogens is 288 g/mol. The number of aryl methyl sites for hydroxylation is 2. The van der Waals surface area contributed by atoms with E-state index in [2.05, 4.69) is 17.3 Å². The molecule has 21 heavy (non-hydrogen) atoms. The molecule has 0 bridgehead atoms. The monoisotopic (exact) mass is 314 g/mol. The van der Waals surface area contributed by atoms with E-state index in [0.717, 1.165) is 25.8 Å². The number of hydrogen-bond acceptors (Lipinski definition) is 4. The third-order valence-corrected chi connectivity index (χ3v) is 6.23. The summed E-state index contributed by atoms with van der Waals surface area (Å²) in [5.74, 6) is 0. The Kier molecular flexibility index (Phi) is 5.06. The molecule has 2 rings (SSSR count). The Morgan fingerprint density at radius 3 is 2.67 bits per heavy atom. The zero-order chi connectivity index (χ0) is 15.6. The van der Waals surface area contributed by atoms with E-state index in [-0.39, 0.29) is 6.04 Å². The summed E-state index contributed by atoms with van der Waals surface area (Å²) in [4.78, 5) is 0.376. The summed E-state index contributed by atoms with van der Waals surface area (Å²) in [6.45, 7) is 7.77. The molecule has 120 valence electrons. The van der Waals surface area contributed by atoms with Crippen molar-refractivity contribution in [3.05, 3.63) is 11.4 Å². The minimum absolute atomic E-state index is 0.255. The van der Waals surface area contributed by atoms with Crippen LogP contribution in [0.2, 0.25) is 0 Å². The van der Waals surface area contributed by atoms with Crippen molar-refractivity contribution in [1.82, 2.24) is 19.4 Å². The molecule has 0 spiro atoms. The van der Waals surface area contributed by atoms with Gasteiger partial charge in [0, 0.05) is 26.2 Å². The maximum Gasteiger partial charge on any atom is 0.246 e. The van der Waals surface area contributed by atoms with Crippen molar-refractivity contribution in [2.24, 2.45) is 7.05 Å². The average molecular weight is 314 g/mol. The molecule has 1 aromatic heterocycles. The Morgan fingerprint density at radius 1 is 1.38 bits per heavy atom. The second-order valence-corrected chi connectivity index (χ2v) is 7.65. The molecule has 1 N–H and O–H groups in total. The molecule has 1 unspecified atom stereocenters. The molecule has 1 aliphatic heterocycles. The fourth-order valence-electron chi connectivity index (χ4n) is 2.93. The van der Waals surface area contributed by atoms with Crippen molar-refractivity contribution < 1.29 is 8.42 Å². The molecule has 1 saturated heterocycles. The molecule has 1 fully saturated rings. The molecule has 0 aliphatic carbocycles. The molecule has 1 aliphatic rings. The lowest BCUT2D eigenvalue weighted by atomic mass is 10.1. The van der Waals surface area contributed by atoms with Crippen LogP contribution >= 0.6 is 0 Å². The summed E-state index contributed by atoms with van der Waals surface area (Å²) in [5.41, 5.74) is 1.29. The van der Waals surface area contributed by atoms with Gasteiger partial charge in [-0.2, -0.15) is 9.40 Å². The highest BCUT2D eigenvalue weighted by Crippen LogP contribution is 2.25. The molecule has 2 heterocycles. The largest absolute Gasteiger partial charge is 0.313 e. The highest BCUT2D eigenvalue weighted by Gasteiger charge is 2.33. The van der Waals surface area contributed by atoms with Gasteiger partial charge in [-0.1, -0.05) is 6.92 Å². The smallest absolute Gasteiger partial charge is 0.246 e. The van der Waals surface area contributed by atoms with Crippen molar-refractivity contribution in [3.8, 4) is 0 Å². The van der Waals surface area contributed by atoms with Gasteiger partial charge in [0.15, 0.2) is 0 Å². The SMILES string of the molecule is CCCNC1CCCN(S(=O)(=O)c2c(C)nn(C)c2C)C1. The Morgan fingerprint density at radius 2 is 2.10 bits per heavy atom. The minimum Gasteiger partial charge on any atom is -0.313 e. The van der Waals surface area contributed by atoms with Gasteiger partial charge in [0.25, 0.3) is 0 Å². The van der Waals surface area contributed by atoms with Gasteiger partial charge < -0.3 is 5.32 Å². The second kappa shape index (κ2) is 6.46. The average Bonchev–Trinajstić information content (AvgIpc) is 2.70. The fourth-order valence-corrected chi connectivity index (χ4v) is 4.86. The zero-order valence-electron chi connectivity index (χ0n) is 13.4. The summed E-state index contributed by atoms with van der Waals surface area (Å²) in [6, 6.07) is 0.255. The van der Waals surface area contributed by atoms with Crippen molar-refractivity contribution in [2.75, 3.05) is 19.6 Å². The second-order valence-electron chi connectivity index (χ2n) is 5.78. The number of nitrogens with zero attached hydrogens (tertiary/aromatic N) is 3. The van der Waals surface area contributed by atoms with Crippen molar-refractivity contribution in [2.45, 2.75) is 51.0 Å². The van der Waals surface area contributed by atoms with E-state index in [1.165, 1.54) is 0 Å². The minimum atomic E-state index is -3.45. The molecule has 0 radical (unpaired) electrons. The van der Waals surface area contributed by atoms with Gasteiger partial charge in [-0.15, -0.1) is 0 Å². The molecule has 6 nitrogen and oxygen atoms in total. The van der Waals surface area contributed by atoms with Crippen LogP contribution in [0.3, 0.4) is 0 Å². The van der Waals surface area contributed by atoms with E-state index in [1.54, 1.807) is 23.0 Å². The summed E-state index contributed by atoms with van der Waals surface area (Å²) in [6.07, 6.45) is 3.00. The Balaban J connectivity index is 2.23. The highest BCUT2D eigenvalue weighted by molar-refractivity contribution is 7.89. The Bertz CT molecular complexity index is 594. The number of nitrogens with one attached hydrogen (secondary N) is 1. The molecule has 0 amide bonds. The topological polar surface area (TPSA) is 67.2 Å². The first-order valence-corrected chi connectivity index (χ1v) is 9.05. The van der Waals surface area contributed by atoms with Crippen LogP contribution < -0.4 is 5.32 Å². The van der Waals surface area contributed by atoms with Gasteiger partial charge in [-0.3, -0.25) is 4.68 Å². The number of rotatable bonds is 5. The lowest BCUT2D eigenvalue weighted by Crippen LogP contribution is -2.48. The van der Waals surface area contributed by atoms with E-state index >= 15 is 0 Å². The van der Waals surface area contributed by atoms with Crippen LogP contribution in [0.25, 0.3) is 0 Å². The first kappa shape index (κ1) is 16.5. The lowest BCUT2D eigenvalue weighted by molar-refractivity contribution is 0.283. The van der Waals surface area contributed by atoms with Gasteiger partial charge in [0.2, 0.25) is 10.0 Å². The van der Waals surface area contributed by atoms with E-state index in [0.29, 0.717) is 29.4 Å². The van der Waals surface area contributed by atoms with Gasteiger partial charge >= 0.3 is 0 Å². The summed E-state index contributed by atoms with van der Waals surface area (Å²) in [5, 5.41) is 7.67.